The second-order valence-corrected chi connectivity index (χ2v) is 7.50. The van der Waals surface area contributed by atoms with Crippen LogP contribution in [0.4, 0.5) is 10.8 Å². The first kappa shape index (κ1) is 14.3. The number of benzene rings is 2. The van der Waals surface area contributed by atoms with Crippen molar-refractivity contribution in [2.24, 2.45) is 0 Å². The molecule has 0 aliphatic rings. The van der Waals surface area contributed by atoms with Crippen molar-refractivity contribution in [2.45, 2.75) is 45.1 Å². The lowest BCUT2D eigenvalue weighted by Crippen LogP contribution is -2.14. The quantitative estimate of drug-likeness (QED) is 0.444. The second-order valence-electron chi connectivity index (χ2n) is 6.68. The number of rotatable bonds is 9. The molecule has 0 spiro atoms. The zero-order valence-electron chi connectivity index (χ0n) is 22.1. The minimum atomic E-state index is -2.18. The largest absolute Gasteiger partial charge is 0.388 e. The lowest BCUT2D eigenvalue weighted by Gasteiger charge is -2.11. The standard InChI is InChI=1S/C23H27N3O2S/c1-16-5-4-7-18(13-16)21(27)8-3-2-6-17-9-11-19(12-10-17)25-22(28)14-20-15-29-23(24)26-20/h4-5,7,9-13,15,21,27H,2-3,6,8,14H2,1H3,(H2,24,26)(H,25,28)/t21-/m0/s1/i4D,5D,7D,13D,15D,21D. The van der Waals surface area contributed by atoms with Crippen LogP contribution in [0, 0.1) is 6.92 Å². The van der Waals surface area contributed by atoms with Crippen LogP contribution in [-0.2, 0) is 17.6 Å². The number of carbonyl (C=O) groups excluding carboxylic acids is 1. The van der Waals surface area contributed by atoms with E-state index in [1.54, 1.807) is 12.1 Å². The van der Waals surface area contributed by atoms with E-state index in [1.807, 2.05) is 12.1 Å². The molecular weight excluding hydrogens is 382 g/mol. The molecule has 0 bridgehead atoms. The predicted octanol–water partition coefficient (Wildman–Crippen LogP) is 4.66. The van der Waals surface area contributed by atoms with E-state index in [2.05, 4.69) is 10.3 Å². The Balaban J connectivity index is 1.52. The molecule has 3 rings (SSSR count). The van der Waals surface area contributed by atoms with Crippen molar-refractivity contribution in [1.82, 2.24) is 4.98 Å². The van der Waals surface area contributed by atoms with E-state index < -0.39 is 12.1 Å². The Morgan fingerprint density at radius 3 is 2.86 bits per heavy atom. The van der Waals surface area contributed by atoms with Gasteiger partial charge >= 0.3 is 0 Å². The van der Waals surface area contributed by atoms with Gasteiger partial charge in [-0.2, -0.15) is 0 Å². The van der Waals surface area contributed by atoms with Gasteiger partial charge in [0.2, 0.25) is 5.91 Å². The Hall–Kier alpha value is -2.70. The van der Waals surface area contributed by atoms with Crippen LogP contribution < -0.4 is 11.1 Å². The molecule has 4 N–H and O–H groups in total. The van der Waals surface area contributed by atoms with E-state index in [0.717, 1.165) is 16.9 Å². The molecule has 1 amide bonds. The highest BCUT2D eigenvalue weighted by atomic mass is 32.1. The number of aryl methyl sites for hydroxylation is 1. The Morgan fingerprint density at radius 2 is 2.14 bits per heavy atom. The summed E-state index contributed by atoms with van der Waals surface area (Å²) in [7, 11) is 0. The summed E-state index contributed by atoms with van der Waals surface area (Å²) in [6.07, 6.45) is -0.449. The average molecular weight is 416 g/mol. The van der Waals surface area contributed by atoms with E-state index in [1.165, 1.54) is 6.92 Å². The number of carbonyl (C=O) groups is 1. The average Bonchev–Trinajstić information content (AvgIpc) is 3.11. The molecule has 0 fully saturated rings. The summed E-state index contributed by atoms with van der Waals surface area (Å²) >= 11 is 1.02. The van der Waals surface area contributed by atoms with Crippen LogP contribution in [0.3, 0.4) is 0 Å². The van der Waals surface area contributed by atoms with Crippen LogP contribution >= 0.6 is 11.3 Å². The van der Waals surface area contributed by atoms with E-state index in [-0.39, 0.29) is 58.5 Å². The van der Waals surface area contributed by atoms with Crippen LogP contribution in [0.1, 0.15) is 56.0 Å². The number of nitrogens with zero attached hydrogens (tertiary/aromatic N) is 1. The Kier molecular flexibility index (Phi) is 5.03. The number of aromatic nitrogens is 1. The molecule has 29 heavy (non-hydrogen) atoms. The number of hydrogen-bond donors (Lipinski definition) is 3. The zero-order valence-corrected chi connectivity index (χ0v) is 16.9. The first-order chi connectivity index (χ1) is 16.4. The Bertz CT molecular complexity index is 1200. The van der Waals surface area contributed by atoms with Gasteiger partial charge < -0.3 is 16.2 Å². The first-order valence-electron chi connectivity index (χ1n) is 12.3. The molecule has 0 unspecified atom stereocenters. The highest BCUT2D eigenvalue weighted by molar-refractivity contribution is 7.13. The second kappa shape index (κ2) is 10.2. The summed E-state index contributed by atoms with van der Waals surface area (Å²) in [5.74, 6) is -0.293. The summed E-state index contributed by atoms with van der Waals surface area (Å²) in [4.78, 5) is 16.2. The number of nitrogens with two attached hydrogens (primary N) is 1. The molecule has 3 aromatic rings. The van der Waals surface area contributed by atoms with Gasteiger partial charge in [-0.3, -0.25) is 4.79 Å². The molecule has 0 aliphatic carbocycles. The van der Waals surface area contributed by atoms with Crippen molar-refractivity contribution < 1.29 is 18.1 Å². The highest BCUT2D eigenvalue weighted by Crippen LogP contribution is 2.21. The number of aliphatic hydroxyl groups is 1. The molecule has 0 radical (unpaired) electrons. The number of hydrogen-bond acceptors (Lipinski definition) is 5. The molecule has 0 saturated carbocycles. The van der Waals surface area contributed by atoms with Gasteiger partial charge in [-0.05, 0) is 49.4 Å². The van der Waals surface area contributed by atoms with Crippen LogP contribution in [-0.4, -0.2) is 16.0 Å². The van der Waals surface area contributed by atoms with Crippen molar-refractivity contribution >= 4 is 28.1 Å². The minimum Gasteiger partial charge on any atom is -0.388 e. The van der Waals surface area contributed by atoms with Gasteiger partial charge in [0, 0.05) is 11.0 Å². The summed E-state index contributed by atoms with van der Waals surface area (Å²) in [5, 5.41) is 13.8. The summed E-state index contributed by atoms with van der Waals surface area (Å²) in [5.41, 5.74) is 7.46. The van der Waals surface area contributed by atoms with Crippen LogP contribution in [0.5, 0.6) is 0 Å². The number of unbranched alkanes of at least 4 members (excludes halogenated alkanes) is 1. The van der Waals surface area contributed by atoms with E-state index in [4.69, 9.17) is 14.0 Å². The van der Waals surface area contributed by atoms with Gasteiger partial charge in [0.1, 0.15) is 0 Å². The predicted molar refractivity (Wildman–Crippen MR) is 119 cm³/mol. The maximum atomic E-state index is 12.2. The lowest BCUT2D eigenvalue weighted by molar-refractivity contribution is -0.115. The normalized spacial score (nSPS) is 15.9. The van der Waals surface area contributed by atoms with Gasteiger partial charge in [0.05, 0.1) is 26.4 Å². The monoisotopic (exact) mass is 415 g/mol. The lowest BCUT2D eigenvalue weighted by atomic mass is 10.00. The smallest absolute Gasteiger partial charge is 0.230 e. The zero-order chi connectivity index (χ0) is 25.9. The maximum absolute atomic E-state index is 12.2. The summed E-state index contributed by atoms with van der Waals surface area (Å²) in [6.45, 7) is 1.48. The fraction of sp³-hybridized carbons (Fsp3) is 0.304. The molecule has 5 nitrogen and oxygen atoms in total. The van der Waals surface area contributed by atoms with Gasteiger partial charge in [-0.1, -0.05) is 48.3 Å². The van der Waals surface area contributed by atoms with E-state index in [0.29, 0.717) is 30.6 Å². The third-order valence-electron chi connectivity index (χ3n) is 4.25. The molecule has 1 atom stereocenters. The number of anilines is 2. The molecular formula is C23H27N3O2S. The van der Waals surface area contributed by atoms with E-state index >= 15 is 0 Å². The highest BCUT2D eigenvalue weighted by Gasteiger charge is 2.08. The molecule has 6 heteroatoms. The maximum Gasteiger partial charge on any atom is 0.230 e. The first-order valence-corrected chi connectivity index (χ1v) is 10.1. The van der Waals surface area contributed by atoms with Crippen molar-refractivity contribution in [2.75, 3.05) is 11.1 Å². The Morgan fingerprint density at radius 1 is 1.34 bits per heavy atom. The SMILES string of the molecule is [2H]c1sc(N)nc1CC(=O)Nc1ccc(CCCC[C@]([2H])(O)c2c([2H])c([2H])c([2H])c(C)c2[2H])cc1. The Labute approximate surface area is 184 Å². The number of amides is 1. The number of nitrogens with one attached hydrogen (secondary N) is 1. The molecule has 0 aliphatic heterocycles. The molecule has 2 aromatic carbocycles. The summed E-state index contributed by atoms with van der Waals surface area (Å²) in [6, 6.07) is 5.98. The molecule has 152 valence electrons. The van der Waals surface area contributed by atoms with Gasteiger partial charge in [-0.25, -0.2) is 4.98 Å². The van der Waals surface area contributed by atoms with Crippen molar-refractivity contribution in [3.8, 4) is 0 Å². The van der Waals surface area contributed by atoms with Gasteiger partial charge in [0.25, 0.3) is 0 Å². The third kappa shape index (κ3) is 6.69. The molecule has 1 aromatic heterocycles. The van der Waals surface area contributed by atoms with Crippen LogP contribution in [0.25, 0.3) is 0 Å². The van der Waals surface area contributed by atoms with Crippen molar-refractivity contribution in [3.63, 3.8) is 0 Å². The van der Waals surface area contributed by atoms with Crippen molar-refractivity contribution in [1.29, 1.82) is 0 Å². The topological polar surface area (TPSA) is 88.2 Å². The van der Waals surface area contributed by atoms with Crippen LogP contribution in [0.2, 0.25) is 0 Å². The number of thiazole rings is 1. The fourth-order valence-electron chi connectivity index (χ4n) is 2.81. The minimum absolute atomic E-state index is 0.00571. The molecule has 1 heterocycles. The van der Waals surface area contributed by atoms with E-state index in [9.17, 15) is 9.90 Å². The third-order valence-corrected chi connectivity index (χ3v) is 4.89. The fourth-order valence-corrected chi connectivity index (χ4v) is 3.30. The summed E-state index contributed by atoms with van der Waals surface area (Å²) < 4.78 is 47.9. The van der Waals surface area contributed by atoms with Crippen LogP contribution in [0.15, 0.2) is 53.8 Å². The number of nitrogen functional groups attached to an aromatic ring is 1. The van der Waals surface area contributed by atoms with Gasteiger partial charge in [0.15, 0.2) is 5.13 Å². The van der Waals surface area contributed by atoms with Crippen molar-refractivity contribution in [3.05, 3.63) is 76.2 Å². The molecule has 0 saturated heterocycles. The van der Waals surface area contributed by atoms with Gasteiger partial charge in [-0.15, -0.1) is 11.3 Å².